The van der Waals surface area contributed by atoms with Gasteiger partial charge < -0.3 is 10.4 Å². The molecule has 82 valence electrons. The fraction of sp³-hybridized carbons (Fsp3) is 0.0909. The Balaban J connectivity index is 2.11. The average molecular weight is 234 g/mol. The summed E-state index contributed by atoms with van der Waals surface area (Å²) in [5, 5.41) is 13.9. The molecule has 1 aromatic carbocycles. The predicted molar refractivity (Wildman–Crippen MR) is 63.7 cm³/mol. The highest BCUT2D eigenvalue weighted by molar-refractivity contribution is 7.13. The van der Waals surface area contributed by atoms with Crippen LogP contribution >= 0.6 is 11.3 Å². The van der Waals surface area contributed by atoms with Gasteiger partial charge in [-0.05, 0) is 0 Å². The van der Waals surface area contributed by atoms with Crippen LogP contribution in [0.1, 0.15) is 0 Å². The molecular formula is C11H10N2O2S. The minimum Gasteiger partial charge on any atom is -0.480 e. The molecule has 0 saturated carbocycles. The molecule has 2 N–H and O–H groups in total. The number of hydrogen-bond donors (Lipinski definition) is 2. The lowest BCUT2D eigenvalue weighted by molar-refractivity contribution is -0.134. The number of nitrogens with one attached hydrogen (secondary N) is 1. The fourth-order valence-corrected chi connectivity index (χ4v) is 2.02. The highest BCUT2D eigenvalue weighted by Gasteiger charge is 2.04. The summed E-state index contributed by atoms with van der Waals surface area (Å²) in [6.45, 7) is -0.113. The topological polar surface area (TPSA) is 62.2 Å². The van der Waals surface area contributed by atoms with Crippen LogP contribution in [0.2, 0.25) is 0 Å². The van der Waals surface area contributed by atoms with Gasteiger partial charge in [0.2, 0.25) is 0 Å². The number of carboxylic acid groups (broad SMARTS) is 1. The predicted octanol–water partition coefficient (Wildman–Crippen LogP) is 2.31. The first-order chi connectivity index (χ1) is 7.75. The van der Waals surface area contributed by atoms with Gasteiger partial charge in [0.15, 0.2) is 0 Å². The molecule has 4 nitrogen and oxygen atoms in total. The molecule has 1 heterocycles. The lowest BCUT2D eigenvalue weighted by atomic mass is 10.2. The second-order valence-electron chi connectivity index (χ2n) is 3.15. The van der Waals surface area contributed by atoms with Crippen molar-refractivity contribution in [2.45, 2.75) is 0 Å². The molecule has 0 unspecified atom stereocenters. The Morgan fingerprint density at radius 1 is 1.38 bits per heavy atom. The molecule has 0 bridgehead atoms. The monoisotopic (exact) mass is 234 g/mol. The van der Waals surface area contributed by atoms with Gasteiger partial charge in [-0.25, -0.2) is 4.98 Å². The van der Waals surface area contributed by atoms with Crippen molar-refractivity contribution in [2.75, 3.05) is 11.9 Å². The number of aliphatic carboxylic acids is 1. The van der Waals surface area contributed by atoms with Crippen LogP contribution in [0.25, 0.3) is 10.6 Å². The molecular weight excluding hydrogens is 224 g/mol. The Bertz CT molecular complexity index is 482. The number of carbonyl (C=O) groups is 1. The van der Waals surface area contributed by atoms with Gasteiger partial charge in [-0.2, -0.15) is 0 Å². The Labute approximate surface area is 96.6 Å². The third-order valence-electron chi connectivity index (χ3n) is 1.95. The molecule has 5 heteroatoms. The summed E-state index contributed by atoms with van der Waals surface area (Å²) in [7, 11) is 0. The normalized spacial score (nSPS) is 10.0. The summed E-state index contributed by atoms with van der Waals surface area (Å²) >= 11 is 1.49. The first kappa shape index (κ1) is 10.6. The maximum absolute atomic E-state index is 10.4. The maximum Gasteiger partial charge on any atom is 0.322 e. The second kappa shape index (κ2) is 4.76. The summed E-state index contributed by atoms with van der Waals surface area (Å²) < 4.78 is 0. The van der Waals surface area contributed by atoms with E-state index in [1.165, 1.54) is 11.3 Å². The third kappa shape index (κ3) is 2.58. The van der Waals surface area contributed by atoms with E-state index in [4.69, 9.17) is 5.11 Å². The van der Waals surface area contributed by atoms with Crippen molar-refractivity contribution in [1.29, 1.82) is 0 Å². The van der Waals surface area contributed by atoms with Crippen LogP contribution in [0, 0.1) is 0 Å². The lowest BCUT2D eigenvalue weighted by Crippen LogP contribution is -2.12. The van der Waals surface area contributed by atoms with E-state index in [0.29, 0.717) is 5.82 Å². The van der Waals surface area contributed by atoms with Crippen LogP contribution in [0.4, 0.5) is 5.82 Å². The van der Waals surface area contributed by atoms with Crippen molar-refractivity contribution < 1.29 is 9.90 Å². The van der Waals surface area contributed by atoms with Crippen molar-refractivity contribution in [3.63, 3.8) is 0 Å². The highest BCUT2D eigenvalue weighted by Crippen LogP contribution is 2.25. The van der Waals surface area contributed by atoms with Crippen LogP contribution in [0.3, 0.4) is 0 Å². The maximum atomic E-state index is 10.4. The first-order valence-electron chi connectivity index (χ1n) is 4.72. The van der Waals surface area contributed by atoms with Crippen LogP contribution in [-0.2, 0) is 4.79 Å². The van der Waals surface area contributed by atoms with Crippen molar-refractivity contribution in [2.24, 2.45) is 0 Å². The number of nitrogens with zero attached hydrogens (tertiary/aromatic N) is 1. The standard InChI is InChI=1S/C11H10N2O2S/c14-10(15)6-12-9-7-16-11(13-9)8-4-2-1-3-5-8/h1-5,7,12H,6H2,(H,14,15). The molecule has 0 aliphatic carbocycles. The number of anilines is 1. The van der Waals surface area contributed by atoms with Crippen LogP contribution < -0.4 is 5.32 Å². The molecule has 0 aliphatic heterocycles. The smallest absolute Gasteiger partial charge is 0.322 e. The fourth-order valence-electron chi connectivity index (χ4n) is 1.23. The molecule has 0 fully saturated rings. The number of hydrogen-bond acceptors (Lipinski definition) is 4. The van der Waals surface area contributed by atoms with Gasteiger partial charge in [0, 0.05) is 10.9 Å². The minimum absolute atomic E-state index is 0.113. The van der Waals surface area contributed by atoms with E-state index in [-0.39, 0.29) is 6.54 Å². The third-order valence-corrected chi connectivity index (χ3v) is 2.84. The Morgan fingerprint density at radius 2 is 2.12 bits per heavy atom. The van der Waals surface area contributed by atoms with Gasteiger partial charge in [-0.15, -0.1) is 11.3 Å². The lowest BCUT2D eigenvalue weighted by Gasteiger charge is -1.97. The van der Waals surface area contributed by atoms with E-state index in [9.17, 15) is 4.79 Å². The quantitative estimate of drug-likeness (QED) is 0.852. The van der Waals surface area contributed by atoms with Crippen molar-refractivity contribution in [3.8, 4) is 10.6 Å². The Kier molecular flexibility index (Phi) is 3.16. The average Bonchev–Trinajstić information content (AvgIpc) is 2.76. The Hall–Kier alpha value is -1.88. The molecule has 0 amide bonds. The molecule has 0 atom stereocenters. The van der Waals surface area contributed by atoms with Crippen molar-refractivity contribution >= 4 is 23.1 Å². The summed E-state index contributed by atoms with van der Waals surface area (Å²) in [6, 6.07) is 9.78. The molecule has 0 saturated heterocycles. The number of rotatable bonds is 4. The summed E-state index contributed by atoms with van der Waals surface area (Å²) in [5.41, 5.74) is 1.04. The number of thiazole rings is 1. The van der Waals surface area contributed by atoms with E-state index in [0.717, 1.165) is 10.6 Å². The largest absolute Gasteiger partial charge is 0.480 e. The van der Waals surface area contributed by atoms with E-state index in [1.54, 1.807) is 0 Å². The summed E-state index contributed by atoms with van der Waals surface area (Å²) in [5.74, 6) is -0.291. The van der Waals surface area contributed by atoms with E-state index in [2.05, 4.69) is 10.3 Å². The van der Waals surface area contributed by atoms with Crippen molar-refractivity contribution in [1.82, 2.24) is 4.98 Å². The molecule has 1 aromatic heterocycles. The van der Waals surface area contributed by atoms with Gasteiger partial charge in [0.25, 0.3) is 0 Å². The zero-order valence-corrected chi connectivity index (χ0v) is 9.20. The zero-order chi connectivity index (χ0) is 11.4. The number of carboxylic acids is 1. The first-order valence-corrected chi connectivity index (χ1v) is 5.60. The minimum atomic E-state index is -0.894. The molecule has 0 radical (unpaired) electrons. The van der Waals surface area contributed by atoms with E-state index < -0.39 is 5.97 Å². The molecule has 2 aromatic rings. The van der Waals surface area contributed by atoms with E-state index in [1.807, 2.05) is 35.7 Å². The second-order valence-corrected chi connectivity index (χ2v) is 4.01. The highest BCUT2D eigenvalue weighted by atomic mass is 32.1. The van der Waals surface area contributed by atoms with Gasteiger partial charge in [0.1, 0.15) is 17.4 Å². The van der Waals surface area contributed by atoms with Crippen molar-refractivity contribution in [3.05, 3.63) is 35.7 Å². The SMILES string of the molecule is O=C(O)CNc1csc(-c2ccccc2)n1. The summed E-state index contributed by atoms with van der Waals surface area (Å²) in [4.78, 5) is 14.7. The zero-order valence-electron chi connectivity index (χ0n) is 8.38. The van der Waals surface area contributed by atoms with Crippen LogP contribution in [-0.4, -0.2) is 22.6 Å². The van der Waals surface area contributed by atoms with E-state index >= 15 is 0 Å². The number of benzene rings is 1. The summed E-state index contributed by atoms with van der Waals surface area (Å²) in [6.07, 6.45) is 0. The molecule has 0 aliphatic rings. The van der Waals surface area contributed by atoms with Gasteiger partial charge in [-0.1, -0.05) is 30.3 Å². The van der Waals surface area contributed by atoms with Crippen LogP contribution in [0.15, 0.2) is 35.7 Å². The number of aromatic nitrogens is 1. The van der Waals surface area contributed by atoms with Gasteiger partial charge in [0.05, 0.1) is 0 Å². The Morgan fingerprint density at radius 3 is 2.81 bits per heavy atom. The molecule has 0 spiro atoms. The molecule has 2 rings (SSSR count). The van der Waals surface area contributed by atoms with Gasteiger partial charge in [-0.3, -0.25) is 4.79 Å². The van der Waals surface area contributed by atoms with Gasteiger partial charge >= 0.3 is 5.97 Å². The van der Waals surface area contributed by atoms with Crippen LogP contribution in [0.5, 0.6) is 0 Å². The molecule has 16 heavy (non-hydrogen) atoms.